The molecule has 6 atom stereocenters. The van der Waals surface area contributed by atoms with Crippen LogP contribution < -0.4 is 5.32 Å². The highest BCUT2D eigenvalue weighted by molar-refractivity contribution is 6.67. The number of halogens is 3. The Morgan fingerprint density at radius 3 is 2.23 bits per heavy atom. The van der Waals surface area contributed by atoms with Crippen LogP contribution in [-0.4, -0.2) is 65.2 Å². The first-order chi connectivity index (χ1) is 12.0. The number of nitrogens with one attached hydrogen (secondary N) is 1. The van der Waals surface area contributed by atoms with Gasteiger partial charge in [0.2, 0.25) is 16.0 Å². The van der Waals surface area contributed by atoms with Gasteiger partial charge in [-0.05, 0) is 0 Å². The van der Waals surface area contributed by atoms with Gasteiger partial charge in [0.25, 0.3) is 0 Å². The van der Waals surface area contributed by atoms with E-state index in [4.69, 9.17) is 58.5 Å². The predicted octanol–water partition coefficient (Wildman–Crippen LogP) is 0.823. The van der Waals surface area contributed by atoms with Gasteiger partial charge in [-0.25, -0.2) is 0 Å². The van der Waals surface area contributed by atoms with E-state index < -0.39 is 52.7 Å². The number of fused-ring (bicyclic) bond motifs is 1. The molecule has 0 unspecified atom stereocenters. The van der Waals surface area contributed by atoms with Crippen LogP contribution in [0.2, 0.25) is 0 Å². The van der Waals surface area contributed by atoms with Crippen molar-refractivity contribution in [2.45, 2.75) is 61.6 Å². The molecule has 12 heteroatoms. The summed E-state index contributed by atoms with van der Waals surface area (Å²) in [6.45, 7) is 3.63. The number of carbonyl (C=O) groups is 3. The molecule has 0 bridgehead atoms. The highest BCUT2D eigenvalue weighted by Gasteiger charge is 2.59. The third kappa shape index (κ3) is 5.34. The topological polar surface area (TPSA) is 109 Å². The number of carbonyl (C=O) groups excluding carboxylic acids is 3. The third-order valence-electron chi connectivity index (χ3n) is 3.55. The Hall–Kier alpha value is -0.840. The second kappa shape index (κ2) is 8.45. The summed E-state index contributed by atoms with van der Waals surface area (Å²) in [6, 6.07) is 0. The van der Waals surface area contributed by atoms with Crippen molar-refractivity contribution >= 4 is 52.6 Å². The Kier molecular flexibility index (Phi) is 6.98. The van der Waals surface area contributed by atoms with Crippen LogP contribution in [0.25, 0.3) is 0 Å². The lowest BCUT2D eigenvalue weighted by atomic mass is 10.1. The smallest absolute Gasteiger partial charge is 0.303 e. The van der Waals surface area contributed by atoms with E-state index in [1.165, 1.54) is 20.8 Å². The lowest BCUT2D eigenvalue weighted by molar-refractivity contribution is -0.200. The number of ether oxygens (including phenoxy) is 5. The van der Waals surface area contributed by atoms with Crippen LogP contribution in [0.3, 0.4) is 0 Å². The minimum atomic E-state index is -1.88. The Balaban J connectivity index is 2.19. The minimum absolute atomic E-state index is 0.0648. The summed E-state index contributed by atoms with van der Waals surface area (Å²) in [6.07, 6.45) is -6.07. The Labute approximate surface area is 164 Å². The maximum Gasteiger partial charge on any atom is 0.303 e. The fourth-order valence-corrected chi connectivity index (χ4v) is 2.97. The van der Waals surface area contributed by atoms with Crippen molar-refractivity contribution < 1.29 is 38.1 Å². The van der Waals surface area contributed by atoms with Gasteiger partial charge in [-0.3, -0.25) is 14.4 Å². The van der Waals surface area contributed by atoms with Gasteiger partial charge in [-0.2, -0.15) is 0 Å². The second-order valence-electron chi connectivity index (χ2n) is 5.74. The van der Waals surface area contributed by atoms with Gasteiger partial charge in [0.05, 0.1) is 6.54 Å². The van der Waals surface area contributed by atoms with Gasteiger partial charge in [-0.15, -0.1) is 0 Å². The molecule has 2 aliphatic heterocycles. The molecule has 0 radical (unpaired) electrons. The van der Waals surface area contributed by atoms with Crippen molar-refractivity contribution in [3.05, 3.63) is 0 Å². The summed E-state index contributed by atoms with van der Waals surface area (Å²) in [5.74, 6) is -1.57. The Bertz CT molecular complexity index is 569. The monoisotopic (exact) mass is 433 g/mol. The minimum Gasteiger partial charge on any atom is -0.458 e. The van der Waals surface area contributed by atoms with Crippen molar-refractivity contribution in [1.82, 2.24) is 5.32 Å². The summed E-state index contributed by atoms with van der Waals surface area (Å²) >= 11 is 17.3. The number of amides is 1. The molecule has 0 spiro atoms. The van der Waals surface area contributed by atoms with Crippen LogP contribution in [0.5, 0.6) is 0 Å². The highest BCUT2D eigenvalue weighted by atomic mass is 35.6. The second-order valence-corrected chi connectivity index (χ2v) is 8.11. The molecular weight excluding hydrogens is 417 g/mol. The summed E-state index contributed by atoms with van der Waals surface area (Å²) in [4.78, 5) is 34.1. The van der Waals surface area contributed by atoms with Crippen LogP contribution in [0.1, 0.15) is 20.8 Å². The molecular formula is C14H18Cl3NO8. The average Bonchev–Trinajstić information content (AvgIpc) is 3.02. The zero-order chi connectivity index (χ0) is 19.6. The summed E-state index contributed by atoms with van der Waals surface area (Å²) in [5.41, 5.74) is 0. The van der Waals surface area contributed by atoms with Crippen LogP contribution in [-0.2, 0) is 38.1 Å². The van der Waals surface area contributed by atoms with E-state index in [1.807, 2.05) is 0 Å². The maximum absolute atomic E-state index is 11.5. The molecule has 1 amide bonds. The predicted molar refractivity (Wildman–Crippen MR) is 88.5 cm³/mol. The van der Waals surface area contributed by atoms with Crippen molar-refractivity contribution in [3.8, 4) is 0 Å². The first-order valence-electron chi connectivity index (χ1n) is 7.61. The molecule has 2 heterocycles. The lowest BCUT2D eigenvalue weighted by Crippen LogP contribution is -2.49. The van der Waals surface area contributed by atoms with Gasteiger partial charge in [-0.1, -0.05) is 34.8 Å². The summed E-state index contributed by atoms with van der Waals surface area (Å²) in [7, 11) is 0. The van der Waals surface area contributed by atoms with Crippen molar-refractivity contribution in [2.24, 2.45) is 0 Å². The first-order valence-corrected chi connectivity index (χ1v) is 8.74. The highest BCUT2D eigenvalue weighted by Crippen LogP contribution is 2.43. The number of alkyl halides is 3. The average molecular weight is 435 g/mol. The van der Waals surface area contributed by atoms with Crippen LogP contribution in [0.15, 0.2) is 0 Å². The first kappa shape index (κ1) is 21.5. The zero-order valence-electron chi connectivity index (χ0n) is 14.1. The SMILES string of the molecule is CC(=O)NC[C@@H](OC(C)=O)[C@H]1O[C@@H]2O[C@@H](C(Cl)(Cl)Cl)O[C@@H]2[C@H]1OC(C)=O. The molecule has 0 aliphatic carbocycles. The van der Waals surface area contributed by atoms with Gasteiger partial charge in [0.15, 0.2) is 18.5 Å². The van der Waals surface area contributed by atoms with Gasteiger partial charge >= 0.3 is 11.9 Å². The van der Waals surface area contributed by atoms with Gasteiger partial charge in [0.1, 0.15) is 12.2 Å². The molecule has 2 aliphatic rings. The Morgan fingerprint density at radius 1 is 1.08 bits per heavy atom. The fraction of sp³-hybridized carbons (Fsp3) is 0.786. The quantitative estimate of drug-likeness (QED) is 0.500. The largest absolute Gasteiger partial charge is 0.458 e. The van der Waals surface area contributed by atoms with Crippen molar-refractivity contribution in [1.29, 1.82) is 0 Å². The van der Waals surface area contributed by atoms with Crippen molar-refractivity contribution in [2.75, 3.05) is 6.54 Å². The molecule has 0 aromatic rings. The van der Waals surface area contributed by atoms with Crippen LogP contribution in [0, 0.1) is 0 Å². The van der Waals surface area contributed by atoms with E-state index in [-0.39, 0.29) is 12.5 Å². The fourth-order valence-electron chi connectivity index (χ4n) is 2.66. The van der Waals surface area contributed by atoms with E-state index in [0.717, 1.165) is 0 Å². The van der Waals surface area contributed by atoms with Gasteiger partial charge < -0.3 is 29.0 Å². The maximum atomic E-state index is 11.5. The van der Waals surface area contributed by atoms with E-state index in [0.29, 0.717) is 0 Å². The van der Waals surface area contributed by atoms with E-state index >= 15 is 0 Å². The number of hydrogen-bond donors (Lipinski definition) is 1. The van der Waals surface area contributed by atoms with Gasteiger partial charge in [0, 0.05) is 20.8 Å². The molecule has 26 heavy (non-hydrogen) atoms. The van der Waals surface area contributed by atoms with E-state index in [1.54, 1.807) is 0 Å². The molecule has 0 aromatic heterocycles. The van der Waals surface area contributed by atoms with E-state index in [2.05, 4.69) is 5.32 Å². The molecule has 1 N–H and O–H groups in total. The number of rotatable bonds is 5. The molecule has 2 saturated heterocycles. The van der Waals surface area contributed by atoms with Crippen molar-refractivity contribution in [3.63, 3.8) is 0 Å². The zero-order valence-corrected chi connectivity index (χ0v) is 16.3. The summed E-state index contributed by atoms with van der Waals surface area (Å²) in [5, 5.41) is 2.52. The molecule has 148 valence electrons. The summed E-state index contributed by atoms with van der Waals surface area (Å²) < 4.78 is 25.2. The normalized spacial score (nSPS) is 31.8. The number of hydrogen-bond acceptors (Lipinski definition) is 8. The molecule has 0 saturated carbocycles. The van der Waals surface area contributed by atoms with E-state index in [9.17, 15) is 14.4 Å². The molecule has 2 rings (SSSR count). The Morgan fingerprint density at radius 2 is 1.73 bits per heavy atom. The standard InChI is InChI=1S/C14H18Cl3NO8/c1-5(19)18-4-8(22-6(2)20)9-10(23-7(3)21)11-12(24-9)26-13(25-11)14(15,16)17/h8-13H,4H2,1-3H3,(H,18,19)/t8-,9-,10+,11-,12-,13+/m1/s1. The van der Waals surface area contributed by atoms with Crippen LogP contribution >= 0.6 is 34.8 Å². The lowest BCUT2D eigenvalue weighted by Gasteiger charge is -2.29. The molecule has 2 fully saturated rings. The third-order valence-corrected chi connectivity index (χ3v) is 4.09. The number of esters is 2. The molecule has 9 nitrogen and oxygen atoms in total. The van der Waals surface area contributed by atoms with Crippen LogP contribution in [0.4, 0.5) is 0 Å². The molecule has 0 aromatic carbocycles.